The summed E-state index contributed by atoms with van der Waals surface area (Å²) in [6, 6.07) is 157. The van der Waals surface area contributed by atoms with E-state index in [9.17, 15) is 0 Å². The van der Waals surface area contributed by atoms with Gasteiger partial charge in [0.2, 0.25) is 17.1 Å². The fourth-order valence-electron chi connectivity index (χ4n) is 21.7. The van der Waals surface area contributed by atoms with Crippen molar-refractivity contribution in [1.82, 2.24) is 48.2 Å². The van der Waals surface area contributed by atoms with E-state index in [1.54, 1.807) is 0 Å². The molecular formula is C126H74N10O4S. The summed E-state index contributed by atoms with van der Waals surface area (Å²) in [4.78, 5) is 30.0. The highest BCUT2D eigenvalue weighted by Crippen LogP contribution is 2.50. The molecule has 0 saturated carbocycles. The van der Waals surface area contributed by atoms with Crippen LogP contribution >= 0.6 is 11.3 Å². The van der Waals surface area contributed by atoms with Gasteiger partial charge in [-0.3, -0.25) is 0 Å². The van der Waals surface area contributed by atoms with Crippen LogP contribution in [0.25, 0.3) is 286 Å². The van der Waals surface area contributed by atoms with Crippen molar-refractivity contribution >= 4 is 207 Å². The number of furan rings is 4. The largest absolute Gasteiger partial charge is 0.456 e. The first-order chi connectivity index (χ1) is 69.9. The molecule has 31 aromatic rings. The molecule has 15 heteroatoms. The molecule has 0 spiro atoms. The lowest BCUT2D eigenvalue weighted by molar-refractivity contribution is 0.653. The molecule has 12 aromatic heterocycles. The van der Waals surface area contributed by atoms with Gasteiger partial charge in [-0.05, 0) is 140 Å². The zero-order valence-electron chi connectivity index (χ0n) is 75.2. The van der Waals surface area contributed by atoms with Gasteiger partial charge in [0.1, 0.15) is 27.9 Å². The molecular weight excluding hydrogens is 1750 g/mol. The summed E-state index contributed by atoms with van der Waals surface area (Å²) < 4.78 is 37.2. The summed E-state index contributed by atoms with van der Waals surface area (Å²) >= 11 is 1.86. The number of benzene rings is 19. The number of fused-ring (bicyclic) bond motifs is 30. The van der Waals surface area contributed by atoms with Gasteiger partial charge in [-0.15, -0.1) is 11.3 Å². The van der Waals surface area contributed by atoms with Crippen LogP contribution in [-0.4, -0.2) is 48.2 Å². The Morgan fingerprint density at radius 1 is 0.156 bits per heavy atom. The molecule has 0 aliphatic heterocycles. The number of para-hydroxylation sites is 9. The van der Waals surface area contributed by atoms with Crippen LogP contribution in [0, 0.1) is 0 Å². The van der Waals surface area contributed by atoms with E-state index in [2.05, 4.69) is 309 Å². The van der Waals surface area contributed by atoms with Gasteiger partial charge in [0.15, 0.2) is 17.5 Å². The van der Waals surface area contributed by atoms with Crippen molar-refractivity contribution in [3.63, 3.8) is 0 Å². The van der Waals surface area contributed by atoms with Crippen LogP contribution < -0.4 is 0 Å². The Bertz CT molecular complexity index is 10100. The van der Waals surface area contributed by atoms with Gasteiger partial charge in [-0.25, -0.2) is 15.0 Å². The zero-order valence-corrected chi connectivity index (χ0v) is 76.1. The van der Waals surface area contributed by atoms with Crippen LogP contribution in [0.3, 0.4) is 0 Å². The third-order valence-electron chi connectivity index (χ3n) is 27.8. The van der Waals surface area contributed by atoms with Gasteiger partial charge in [0.25, 0.3) is 0 Å². The summed E-state index contributed by atoms with van der Waals surface area (Å²) in [7, 11) is 0. The molecule has 0 aliphatic carbocycles. The molecule has 0 atom stereocenters. The van der Waals surface area contributed by atoms with E-state index in [-0.39, 0.29) is 0 Å². The van der Waals surface area contributed by atoms with Crippen LogP contribution in [0.2, 0.25) is 0 Å². The van der Waals surface area contributed by atoms with Crippen molar-refractivity contribution in [3.8, 4) is 90.7 Å². The third kappa shape index (κ3) is 12.6. The Morgan fingerprint density at radius 3 is 0.794 bits per heavy atom. The predicted molar refractivity (Wildman–Crippen MR) is 578 cm³/mol. The minimum Gasteiger partial charge on any atom is -0.456 e. The van der Waals surface area contributed by atoms with E-state index in [1.807, 2.05) is 169 Å². The summed E-state index contributed by atoms with van der Waals surface area (Å²) in [5.41, 5.74) is 28.3. The molecule has 0 unspecified atom stereocenters. The average molecular weight is 1820 g/mol. The molecule has 0 amide bonds. The Balaban J connectivity index is 0.000000102. The van der Waals surface area contributed by atoms with Crippen molar-refractivity contribution in [2.75, 3.05) is 0 Å². The quantitative estimate of drug-likeness (QED) is 0.129. The minimum absolute atomic E-state index is 0.586. The van der Waals surface area contributed by atoms with E-state index in [1.165, 1.54) is 96.4 Å². The van der Waals surface area contributed by atoms with Crippen LogP contribution in [-0.2, 0) is 0 Å². The van der Waals surface area contributed by atoms with Crippen molar-refractivity contribution in [2.24, 2.45) is 0 Å². The van der Waals surface area contributed by atoms with Crippen molar-refractivity contribution in [1.29, 1.82) is 0 Å². The van der Waals surface area contributed by atoms with Crippen molar-refractivity contribution in [3.05, 3.63) is 449 Å². The maximum Gasteiger partial charge on any atom is 0.231 e. The van der Waals surface area contributed by atoms with Crippen LogP contribution in [0.5, 0.6) is 0 Å². The highest BCUT2D eigenvalue weighted by Gasteiger charge is 2.28. The third-order valence-corrected chi connectivity index (χ3v) is 29.0. The summed E-state index contributed by atoms with van der Waals surface area (Å²) in [6.07, 6.45) is 0. The molecule has 0 N–H and O–H groups in total. The van der Waals surface area contributed by atoms with E-state index in [0.717, 1.165) is 155 Å². The molecule has 658 valence electrons. The second kappa shape index (κ2) is 31.8. The average Bonchev–Trinajstić information content (AvgIpc) is 1.55. The summed E-state index contributed by atoms with van der Waals surface area (Å²) in [5.74, 6) is 1.93. The first-order valence-electron chi connectivity index (χ1n) is 47.2. The molecule has 0 fully saturated rings. The number of rotatable bonds is 10. The molecule has 0 aliphatic rings. The van der Waals surface area contributed by atoms with E-state index >= 15 is 0 Å². The molecule has 14 nitrogen and oxygen atoms in total. The van der Waals surface area contributed by atoms with Gasteiger partial charge in [-0.2, -0.15) is 15.0 Å². The maximum absolute atomic E-state index is 6.29. The fourth-order valence-corrected chi connectivity index (χ4v) is 22.8. The molecule has 0 radical (unpaired) electrons. The Morgan fingerprint density at radius 2 is 0.426 bits per heavy atom. The zero-order chi connectivity index (χ0) is 92.4. The number of hydrogen-bond acceptors (Lipinski definition) is 11. The van der Waals surface area contributed by atoms with Crippen molar-refractivity contribution < 1.29 is 17.7 Å². The lowest BCUT2D eigenvalue weighted by Crippen LogP contribution is -1.96. The highest BCUT2D eigenvalue weighted by molar-refractivity contribution is 7.26. The lowest BCUT2D eigenvalue weighted by atomic mass is 10.0. The lowest BCUT2D eigenvalue weighted by Gasteiger charge is -2.11. The highest BCUT2D eigenvalue weighted by atomic mass is 32.1. The number of thiophene rings is 1. The molecule has 12 heterocycles. The Labute approximate surface area is 806 Å². The maximum atomic E-state index is 6.29. The normalized spacial score (nSPS) is 12.0. The minimum atomic E-state index is 0.586. The van der Waals surface area contributed by atoms with E-state index in [0.29, 0.717) is 34.6 Å². The Hall–Kier alpha value is -19.0. The molecule has 0 saturated heterocycles. The first kappa shape index (κ1) is 79.4. The number of nitrogens with zero attached hydrogens (tertiary/aromatic N) is 10. The van der Waals surface area contributed by atoms with Crippen LogP contribution in [0.15, 0.2) is 467 Å². The van der Waals surface area contributed by atoms with Gasteiger partial charge in [-0.1, -0.05) is 309 Å². The summed E-state index contributed by atoms with van der Waals surface area (Å²) in [5, 5.41) is 20.7. The van der Waals surface area contributed by atoms with Crippen molar-refractivity contribution in [2.45, 2.75) is 0 Å². The predicted octanol–water partition coefficient (Wildman–Crippen LogP) is 33.8. The second-order valence-corrected chi connectivity index (χ2v) is 36.8. The monoisotopic (exact) mass is 1820 g/mol. The SMILES string of the molecule is c1ccc(-c2nc(-c3ccc(-n4c5ccccc5c5c6c(ccc54)oc4ccccc46)cc3)c3c(n2)oc2ccccc23)cc1.c1ccc(-c2nc(-c3ccc(-n4c5ccccc5c5c6c(ccc54)sc4ccccc46)cc3)c3c(n2)oc2ccccc23)cc1.c1ccc(-c2nc(-c3ccc(-n4c5ccccc5c5c6c7ccccc7n(-c7ccccc7)c6ccc54)cc3)c3c(n2)oc2ccccc23)cc1. The molecule has 19 aromatic carbocycles. The van der Waals surface area contributed by atoms with E-state index in [4.69, 9.17) is 47.6 Å². The molecule has 141 heavy (non-hydrogen) atoms. The first-order valence-corrected chi connectivity index (χ1v) is 48.0. The molecule has 31 rings (SSSR count). The van der Waals surface area contributed by atoms with Crippen LogP contribution in [0.4, 0.5) is 0 Å². The van der Waals surface area contributed by atoms with Gasteiger partial charge in [0.05, 0.1) is 77.4 Å². The van der Waals surface area contributed by atoms with Crippen LogP contribution in [0.1, 0.15) is 0 Å². The summed E-state index contributed by atoms with van der Waals surface area (Å²) in [6.45, 7) is 0. The fraction of sp³-hybridized carbons (Fsp3) is 0. The van der Waals surface area contributed by atoms with Gasteiger partial charge >= 0.3 is 0 Å². The van der Waals surface area contributed by atoms with Gasteiger partial charge < -0.3 is 35.9 Å². The van der Waals surface area contributed by atoms with Gasteiger partial charge in [0, 0.05) is 146 Å². The molecule has 0 bridgehead atoms. The standard InChI is InChI=1S/C46H28N4O.C40H23N3O2.C40H23N3OS/c1-3-13-30(14-4-1)45-47-44(43-35-19-9-12-22-40(35)51-46(43)48-45)29-23-25-32(26-24-29)50-37-21-11-8-18-34(37)42-39(50)28-27-38-41(42)33-17-7-10-20-36(33)49(38)31-15-5-2-6-16-31;1-2-10-25(11-3-1)39-41-38(37-29-14-6-9-17-33(29)45-40(37)42-39)24-18-20-26(21-19-24)43-30-15-7-4-12-27(30)35-31(43)22-23-34-36(35)28-13-5-8-16-32(28)44-34;1-2-10-25(11-3-1)39-41-38(37-28-13-5-8-16-32(28)44-40(37)42-39)24-18-20-26(21-19-24)43-30-15-7-4-12-27(30)35-31(43)22-23-34-36(35)29-14-6-9-17-33(29)45-34/h1-28H;2*1-23H. The topological polar surface area (TPSA) is 150 Å². The van der Waals surface area contributed by atoms with E-state index < -0.39 is 0 Å². The number of aromatic nitrogens is 10. The smallest absolute Gasteiger partial charge is 0.231 e. The second-order valence-electron chi connectivity index (χ2n) is 35.7. The number of hydrogen-bond donors (Lipinski definition) is 0. The Kier molecular flexibility index (Phi) is 17.9.